The Kier molecular flexibility index (Phi) is 8.94. The van der Waals surface area contributed by atoms with Crippen LogP contribution in [-0.2, 0) is 16.0 Å². The maximum Gasteiger partial charge on any atom is 0.414 e. The Hall–Kier alpha value is -3.62. The van der Waals surface area contributed by atoms with Crippen molar-refractivity contribution >= 4 is 17.8 Å². The summed E-state index contributed by atoms with van der Waals surface area (Å²) in [6, 6.07) is 10.9. The minimum atomic E-state index is -1.82. The summed E-state index contributed by atoms with van der Waals surface area (Å²) in [5.41, 5.74) is 1.50. The van der Waals surface area contributed by atoms with Crippen molar-refractivity contribution in [2.45, 2.75) is 6.42 Å². The van der Waals surface area contributed by atoms with Crippen LogP contribution in [0.25, 0.3) is 0 Å². The number of methoxy groups -OCH3 is 2. The van der Waals surface area contributed by atoms with Gasteiger partial charge in [-0.3, -0.25) is 9.78 Å². The van der Waals surface area contributed by atoms with Gasteiger partial charge in [0.05, 0.1) is 14.2 Å². The normalized spacial score (nSPS) is 9.54. The van der Waals surface area contributed by atoms with Crippen LogP contribution in [0.4, 0.5) is 0 Å². The maximum absolute atomic E-state index is 12.5. The number of aliphatic carboxylic acids is 2. The van der Waals surface area contributed by atoms with E-state index in [2.05, 4.69) is 4.98 Å². The zero-order valence-corrected chi connectivity index (χ0v) is 15.8. The number of benzene rings is 1. The first kappa shape index (κ1) is 22.4. The monoisotopic (exact) mass is 390 g/mol. The molecular formula is C19H22N2O7. The molecule has 0 saturated heterocycles. The van der Waals surface area contributed by atoms with Gasteiger partial charge in [-0.2, -0.15) is 0 Å². The van der Waals surface area contributed by atoms with Crippen LogP contribution < -0.4 is 9.47 Å². The zero-order chi connectivity index (χ0) is 21.1. The lowest BCUT2D eigenvalue weighted by molar-refractivity contribution is -0.159. The molecule has 0 fully saturated rings. The summed E-state index contributed by atoms with van der Waals surface area (Å²) < 4.78 is 10.4. The van der Waals surface area contributed by atoms with E-state index in [1.54, 1.807) is 50.6 Å². The summed E-state index contributed by atoms with van der Waals surface area (Å²) in [5.74, 6) is -2.53. The highest BCUT2D eigenvalue weighted by Crippen LogP contribution is 2.23. The summed E-state index contributed by atoms with van der Waals surface area (Å²) in [6.07, 6.45) is 2.47. The molecule has 2 aromatic rings. The second-order valence-corrected chi connectivity index (χ2v) is 5.51. The predicted molar refractivity (Wildman–Crippen MR) is 99.7 cm³/mol. The number of hydrogen-bond acceptors (Lipinski definition) is 6. The molecule has 0 saturated carbocycles. The van der Waals surface area contributed by atoms with E-state index in [0.29, 0.717) is 30.0 Å². The van der Waals surface area contributed by atoms with E-state index in [4.69, 9.17) is 29.3 Å². The first-order valence-electron chi connectivity index (χ1n) is 8.13. The molecular weight excluding hydrogens is 368 g/mol. The lowest BCUT2D eigenvalue weighted by Crippen LogP contribution is -2.29. The molecule has 2 rings (SSSR count). The number of carbonyl (C=O) groups is 3. The highest BCUT2D eigenvalue weighted by atomic mass is 16.5. The fourth-order valence-electron chi connectivity index (χ4n) is 2.08. The Morgan fingerprint density at radius 2 is 1.57 bits per heavy atom. The Morgan fingerprint density at radius 3 is 2.00 bits per heavy atom. The maximum atomic E-state index is 12.5. The lowest BCUT2D eigenvalue weighted by atomic mass is 10.1. The number of pyridine rings is 1. The molecule has 150 valence electrons. The highest BCUT2D eigenvalue weighted by molar-refractivity contribution is 6.27. The summed E-state index contributed by atoms with van der Waals surface area (Å²) in [6.45, 7) is 0.593. The number of ether oxygens (including phenoxy) is 2. The molecule has 28 heavy (non-hydrogen) atoms. The van der Waals surface area contributed by atoms with Gasteiger partial charge in [-0.1, -0.05) is 6.07 Å². The van der Waals surface area contributed by atoms with Crippen LogP contribution in [0.5, 0.6) is 11.5 Å². The minimum absolute atomic E-state index is 0.0758. The second-order valence-electron chi connectivity index (χ2n) is 5.51. The topological polar surface area (TPSA) is 126 Å². The first-order valence-corrected chi connectivity index (χ1v) is 8.13. The van der Waals surface area contributed by atoms with Crippen molar-refractivity contribution in [3.05, 3.63) is 53.9 Å². The second kappa shape index (κ2) is 11.2. The number of rotatable bonds is 6. The van der Waals surface area contributed by atoms with Crippen LogP contribution in [0.1, 0.15) is 16.1 Å². The Labute approximate surface area is 162 Å². The van der Waals surface area contributed by atoms with E-state index in [1.807, 2.05) is 18.2 Å². The fraction of sp³-hybridized carbons (Fsp3) is 0.263. The number of likely N-dealkylation sites (N-methyl/N-ethyl adjacent to an activating group) is 1. The molecule has 0 unspecified atom stereocenters. The van der Waals surface area contributed by atoms with Crippen molar-refractivity contribution in [2.24, 2.45) is 0 Å². The smallest absolute Gasteiger partial charge is 0.414 e. The summed E-state index contributed by atoms with van der Waals surface area (Å²) in [5, 5.41) is 14.8. The number of carbonyl (C=O) groups excluding carboxylic acids is 1. The summed E-state index contributed by atoms with van der Waals surface area (Å²) in [7, 11) is 4.90. The third-order valence-corrected chi connectivity index (χ3v) is 3.56. The third-order valence-electron chi connectivity index (χ3n) is 3.56. The molecule has 0 radical (unpaired) electrons. The Bertz CT molecular complexity index is 775. The average Bonchev–Trinajstić information content (AvgIpc) is 2.72. The largest absolute Gasteiger partial charge is 0.497 e. The summed E-state index contributed by atoms with van der Waals surface area (Å²) in [4.78, 5) is 36.6. The van der Waals surface area contributed by atoms with Gasteiger partial charge in [0.25, 0.3) is 5.91 Å². The van der Waals surface area contributed by atoms with Gasteiger partial charge >= 0.3 is 11.9 Å². The predicted octanol–water partition coefficient (Wildman–Crippen LogP) is 1.57. The minimum Gasteiger partial charge on any atom is -0.497 e. The summed E-state index contributed by atoms with van der Waals surface area (Å²) >= 11 is 0. The van der Waals surface area contributed by atoms with Gasteiger partial charge in [0.15, 0.2) is 0 Å². The van der Waals surface area contributed by atoms with E-state index in [-0.39, 0.29) is 5.91 Å². The standard InChI is InChI=1S/C17H20N2O3.C2H2O4/c1-19(9-7-14-6-4-5-8-18-14)17(20)13-10-15(21-2)12-16(11-13)22-3;3-1(4)2(5)6/h4-6,8,10-12H,7,9H2,1-3H3;(H,3,4)(H,5,6). The number of carboxylic acid groups (broad SMARTS) is 2. The van der Waals surface area contributed by atoms with Gasteiger partial charge in [-0.25, -0.2) is 9.59 Å². The number of carboxylic acids is 2. The van der Waals surface area contributed by atoms with Crippen LogP contribution in [0.15, 0.2) is 42.6 Å². The van der Waals surface area contributed by atoms with Crippen LogP contribution in [-0.4, -0.2) is 65.8 Å². The molecule has 9 nitrogen and oxygen atoms in total. The van der Waals surface area contributed by atoms with Crippen LogP contribution in [0.2, 0.25) is 0 Å². The van der Waals surface area contributed by atoms with Crippen molar-refractivity contribution in [1.29, 1.82) is 0 Å². The van der Waals surface area contributed by atoms with E-state index in [1.165, 1.54) is 0 Å². The van der Waals surface area contributed by atoms with Crippen molar-refractivity contribution in [2.75, 3.05) is 27.8 Å². The molecule has 0 aliphatic heterocycles. The fourth-order valence-corrected chi connectivity index (χ4v) is 2.08. The number of aromatic nitrogens is 1. The first-order chi connectivity index (χ1) is 13.3. The van der Waals surface area contributed by atoms with Crippen molar-refractivity contribution in [3.8, 4) is 11.5 Å². The number of amides is 1. The number of hydrogen-bond donors (Lipinski definition) is 2. The molecule has 9 heteroatoms. The van der Waals surface area contributed by atoms with Gasteiger partial charge in [-0.05, 0) is 24.3 Å². The van der Waals surface area contributed by atoms with E-state index >= 15 is 0 Å². The molecule has 0 spiro atoms. The van der Waals surface area contributed by atoms with Crippen molar-refractivity contribution in [3.63, 3.8) is 0 Å². The van der Waals surface area contributed by atoms with Gasteiger partial charge in [0, 0.05) is 43.5 Å². The van der Waals surface area contributed by atoms with Crippen LogP contribution >= 0.6 is 0 Å². The lowest BCUT2D eigenvalue weighted by Gasteiger charge is -2.18. The average molecular weight is 390 g/mol. The molecule has 1 amide bonds. The van der Waals surface area contributed by atoms with Crippen LogP contribution in [0.3, 0.4) is 0 Å². The number of nitrogens with zero attached hydrogens (tertiary/aromatic N) is 2. The van der Waals surface area contributed by atoms with E-state index in [9.17, 15) is 4.79 Å². The molecule has 1 heterocycles. The van der Waals surface area contributed by atoms with Gasteiger partial charge in [-0.15, -0.1) is 0 Å². The van der Waals surface area contributed by atoms with E-state index in [0.717, 1.165) is 5.69 Å². The molecule has 0 aliphatic carbocycles. The Morgan fingerprint density at radius 1 is 1.00 bits per heavy atom. The van der Waals surface area contributed by atoms with Gasteiger partial charge in [0.1, 0.15) is 11.5 Å². The van der Waals surface area contributed by atoms with Gasteiger partial charge in [0.2, 0.25) is 0 Å². The SMILES string of the molecule is COc1cc(OC)cc(C(=O)N(C)CCc2ccccn2)c1.O=C(O)C(=O)O. The molecule has 0 aliphatic rings. The quantitative estimate of drug-likeness (QED) is 0.712. The third kappa shape index (κ3) is 7.32. The molecule has 1 aromatic heterocycles. The van der Waals surface area contributed by atoms with Crippen molar-refractivity contribution < 1.29 is 34.1 Å². The highest BCUT2D eigenvalue weighted by Gasteiger charge is 2.14. The molecule has 2 N–H and O–H groups in total. The van der Waals surface area contributed by atoms with Gasteiger partial charge < -0.3 is 24.6 Å². The molecule has 1 aromatic carbocycles. The molecule has 0 bridgehead atoms. The molecule has 0 atom stereocenters. The zero-order valence-electron chi connectivity index (χ0n) is 15.8. The Balaban J connectivity index is 0.000000568. The van der Waals surface area contributed by atoms with Crippen molar-refractivity contribution in [1.82, 2.24) is 9.88 Å². The van der Waals surface area contributed by atoms with E-state index < -0.39 is 11.9 Å². The van der Waals surface area contributed by atoms with Crippen LogP contribution in [0, 0.1) is 0 Å².